The molecule has 0 spiro atoms. The molecule has 1 aromatic carbocycles. The van der Waals surface area contributed by atoms with Gasteiger partial charge in [-0.1, -0.05) is 39.0 Å². The number of carboxylic acid groups (broad SMARTS) is 2. The van der Waals surface area contributed by atoms with Crippen LogP contribution >= 0.6 is 0 Å². The third-order valence-electron chi connectivity index (χ3n) is 6.87. The summed E-state index contributed by atoms with van der Waals surface area (Å²) in [4.78, 5) is 28.3. The van der Waals surface area contributed by atoms with Crippen molar-refractivity contribution in [2.24, 2.45) is 4.99 Å². The van der Waals surface area contributed by atoms with Gasteiger partial charge >= 0.3 is 11.9 Å². The number of aryl methyl sites for hydroxylation is 2. The molecule has 0 bridgehead atoms. The maximum absolute atomic E-state index is 12.2. The van der Waals surface area contributed by atoms with Crippen LogP contribution in [0.25, 0.3) is 16.8 Å². The van der Waals surface area contributed by atoms with Crippen LogP contribution in [0.3, 0.4) is 0 Å². The van der Waals surface area contributed by atoms with Gasteiger partial charge in [-0.05, 0) is 55.5 Å². The highest BCUT2D eigenvalue weighted by molar-refractivity contribution is 6.21. The van der Waals surface area contributed by atoms with E-state index >= 15 is 0 Å². The molecule has 4 rings (SSSR count). The van der Waals surface area contributed by atoms with Crippen LogP contribution in [0, 0.1) is 0 Å². The van der Waals surface area contributed by atoms with Crippen LogP contribution in [0.4, 0.5) is 0 Å². The molecular weight excluding hydrogens is 444 g/mol. The lowest BCUT2D eigenvalue weighted by atomic mass is 9.84. The topological polar surface area (TPSA) is 101 Å². The van der Waals surface area contributed by atoms with E-state index in [1.807, 2.05) is 13.0 Å². The number of fused-ring (bicyclic) bond motifs is 5. The molecule has 1 aliphatic heterocycles. The molecule has 0 saturated carbocycles. The quantitative estimate of drug-likeness (QED) is 0.334. The number of rotatable bonds is 11. The van der Waals surface area contributed by atoms with Crippen molar-refractivity contribution >= 4 is 23.2 Å². The maximum atomic E-state index is 12.2. The molecule has 2 aliphatic rings. The molecule has 0 amide bonds. The van der Waals surface area contributed by atoms with Gasteiger partial charge in [0.1, 0.15) is 5.75 Å². The average Bonchev–Trinajstić information content (AvgIpc) is 3.21. The van der Waals surface area contributed by atoms with Gasteiger partial charge in [-0.25, -0.2) is 9.59 Å². The predicted molar refractivity (Wildman–Crippen MR) is 136 cm³/mol. The van der Waals surface area contributed by atoms with Gasteiger partial charge in [0.25, 0.3) is 0 Å². The molecule has 0 fully saturated rings. The number of aliphatic imine (C=N–C) groups is 1. The van der Waals surface area contributed by atoms with Crippen molar-refractivity contribution in [3.05, 3.63) is 46.7 Å². The molecule has 2 heterocycles. The Labute approximate surface area is 206 Å². The Kier molecular flexibility index (Phi) is 7.73. The molecular formula is C28H34N2O5. The summed E-state index contributed by atoms with van der Waals surface area (Å²) in [6, 6.07) is 5.85. The van der Waals surface area contributed by atoms with E-state index in [-0.39, 0.29) is 5.57 Å². The molecule has 35 heavy (non-hydrogen) atoms. The lowest BCUT2D eigenvalue weighted by Crippen LogP contribution is -2.18. The van der Waals surface area contributed by atoms with Crippen LogP contribution in [0.2, 0.25) is 0 Å². The fraction of sp³-hybridized carbons (Fsp3) is 0.464. The lowest BCUT2D eigenvalue weighted by Gasteiger charge is -2.25. The number of ether oxygens (including phenoxy) is 1. The van der Waals surface area contributed by atoms with E-state index in [0.29, 0.717) is 31.0 Å². The first kappa shape index (κ1) is 24.8. The highest BCUT2D eigenvalue weighted by Crippen LogP contribution is 2.43. The van der Waals surface area contributed by atoms with Gasteiger partial charge in [0, 0.05) is 23.7 Å². The van der Waals surface area contributed by atoms with Crippen LogP contribution in [0.5, 0.6) is 5.75 Å². The van der Waals surface area contributed by atoms with Crippen LogP contribution < -0.4 is 4.74 Å². The summed E-state index contributed by atoms with van der Waals surface area (Å²) in [7, 11) is 0. The fourth-order valence-corrected chi connectivity index (χ4v) is 5.19. The average molecular weight is 479 g/mol. The zero-order valence-electron chi connectivity index (χ0n) is 20.6. The van der Waals surface area contributed by atoms with Crippen molar-refractivity contribution in [3.8, 4) is 17.0 Å². The molecule has 2 aromatic rings. The molecule has 2 N–H and O–H groups in total. The molecule has 186 valence electrons. The highest BCUT2D eigenvalue weighted by Gasteiger charge is 2.30. The third-order valence-corrected chi connectivity index (χ3v) is 6.87. The van der Waals surface area contributed by atoms with Crippen LogP contribution in [0.1, 0.15) is 74.8 Å². The number of carboxylic acids is 2. The minimum absolute atomic E-state index is 0.233. The molecule has 7 heteroatoms. The van der Waals surface area contributed by atoms with Gasteiger partial charge in [-0.2, -0.15) is 0 Å². The summed E-state index contributed by atoms with van der Waals surface area (Å²) < 4.78 is 8.26. The second-order valence-corrected chi connectivity index (χ2v) is 9.34. The molecule has 0 unspecified atom stereocenters. The van der Waals surface area contributed by atoms with Crippen molar-refractivity contribution in [1.29, 1.82) is 0 Å². The van der Waals surface area contributed by atoms with E-state index in [1.165, 1.54) is 25.7 Å². The number of aliphatic carboxylic acids is 2. The van der Waals surface area contributed by atoms with E-state index in [9.17, 15) is 19.8 Å². The van der Waals surface area contributed by atoms with Gasteiger partial charge < -0.3 is 19.5 Å². The monoisotopic (exact) mass is 478 g/mol. The highest BCUT2D eigenvalue weighted by atomic mass is 16.5. The molecule has 7 nitrogen and oxygen atoms in total. The number of nitrogens with zero attached hydrogens (tertiary/aromatic N) is 2. The Morgan fingerprint density at radius 3 is 2.54 bits per heavy atom. The zero-order valence-corrected chi connectivity index (χ0v) is 20.6. The maximum Gasteiger partial charge on any atom is 0.336 e. The SMILES string of the molecule is CCCCCCCCOc1cc2c(c(C(=CC(=O)O)C(=O)O)c1)-c1c(cc3n1CCN=C3C)CC2. The second kappa shape index (κ2) is 10.9. The molecule has 0 atom stereocenters. The Bertz CT molecular complexity index is 1190. The Hall–Kier alpha value is -3.35. The van der Waals surface area contributed by atoms with Gasteiger partial charge in [-0.3, -0.25) is 4.99 Å². The van der Waals surface area contributed by atoms with Gasteiger partial charge in [0.15, 0.2) is 0 Å². The lowest BCUT2D eigenvalue weighted by molar-refractivity contribution is -0.133. The number of aromatic nitrogens is 1. The van der Waals surface area contributed by atoms with E-state index < -0.39 is 11.9 Å². The smallest absolute Gasteiger partial charge is 0.336 e. The summed E-state index contributed by atoms with van der Waals surface area (Å²) in [6.45, 7) is 6.12. The normalized spacial score (nSPS) is 14.6. The van der Waals surface area contributed by atoms with Gasteiger partial charge in [0.2, 0.25) is 0 Å². The molecule has 1 aliphatic carbocycles. The summed E-state index contributed by atoms with van der Waals surface area (Å²) in [5, 5.41) is 19.4. The van der Waals surface area contributed by atoms with Crippen molar-refractivity contribution in [2.45, 2.75) is 71.8 Å². The first-order valence-electron chi connectivity index (χ1n) is 12.6. The fourth-order valence-electron chi connectivity index (χ4n) is 5.19. The Morgan fingerprint density at radius 1 is 1.06 bits per heavy atom. The van der Waals surface area contributed by atoms with Gasteiger partial charge in [0.05, 0.1) is 35.8 Å². The number of hydrogen-bond donors (Lipinski definition) is 2. The summed E-state index contributed by atoms with van der Waals surface area (Å²) >= 11 is 0. The molecule has 0 saturated heterocycles. The minimum Gasteiger partial charge on any atom is -0.494 e. The molecule has 1 aromatic heterocycles. The Balaban J connectivity index is 1.73. The van der Waals surface area contributed by atoms with Crippen molar-refractivity contribution < 1.29 is 24.5 Å². The van der Waals surface area contributed by atoms with Crippen LogP contribution in [-0.2, 0) is 29.0 Å². The van der Waals surface area contributed by atoms with E-state index in [1.54, 1.807) is 6.07 Å². The largest absolute Gasteiger partial charge is 0.494 e. The number of carbonyl (C=O) groups is 2. The minimum atomic E-state index is -1.29. The van der Waals surface area contributed by atoms with E-state index in [2.05, 4.69) is 22.5 Å². The summed E-state index contributed by atoms with van der Waals surface area (Å²) in [5.41, 5.74) is 6.09. The van der Waals surface area contributed by atoms with E-state index in [0.717, 1.165) is 65.5 Å². The summed E-state index contributed by atoms with van der Waals surface area (Å²) in [5.74, 6) is -1.96. The standard InChI is InChI=1S/C28H34N2O5/c1-3-4-5-6-7-8-13-35-21-14-19-9-10-20-15-24-18(2)29-11-12-30(24)27(20)26(19)22(16-21)23(28(33)34)17-25(31)32/h14-17H,3-13H2,1-2H3,(H,31,32)(H,33,34). The number of benzene rings is 1. The molecule has 0 radical (unpaired) electrons. The zero-order chi connectivity index (χ0) is 24.9. The van der Waals surface area contributed by atoms with E-state index in [4.69, 9.17) is 4.74 Å². The first-order chi connectivity index (χ1) is 16.9. The number of hydrogen-bond acceptors (Lipinski definition) is 4. The van der Waals surface area contributed by atoms with Gasteiger partial charge in [-0.15, -0.1) is 0 Å². The Morgan fingerprint density at radius 2 is 1.80 bits per heavy atom. The number of unbranched alkanes of at least 4 members (excludes halogenated alkanes) is 5. The predicted octanol–water partition coefficient (Wildman–Crippen LogP) is 5.37. The second-order valence-electron chi connectivity index (χ2n) is 9.34. The third kappa shape index (κ3) is 5.34. The summed E-state index contributed by atoms with van der Waals surface area (Å²) in [6.07, 6.45) is 9.26. The van der Waals surface area contributed by atoms with Crippen LogP contribution in [-0.4, -0.2) is 45.6 Å². The van der Waals surface area contributed by atoms with Crippen molar-refractivity contribution in [1.82, 2.24) is 4.57 Å². The first-order valence-corrected chi connectivity index (χ1v) is 12.6. The van der Waals surface area contributed by atoms with Crippen LogP contribution in [0.15, 0.2) is 29.3 Å². The van der Waals surface area contributed by atoms with Crippen molar-refractivity contribution in [3.63, 3.8) is 0 Å². The van der Waals surface area contributed by atoms with Crippen molar-refractivity contribution in [2.75, 3.05) is 13.2 Å².